The lowest BCUT2D eigenvalue weighted by Gasteiger charge is -2.23. The van der Waals surface area contributed by atoms with Crippen molar-refractivity contribution >= 4 is 21.6 Å². The van der Waals surface area contributed by atoms with Crippen LogP contribution >= 0.6 is 11.3 Å². The van der Waals surface area contributed by atoms with Crippen molar-refractivity contribution in [3.8, 4) is 17.0 Å². The normalized spacial score (nSPS) is 12.5. The van der Waals surface area contributed by atoms with E-state index < -0.39 is 0 Å². The molecule has 4 aromatic rings. The van der Waals surface area contributed by atoms with E-state index in [1.807, 2.05) is 41.8 Å². The van der Waals surface area contributed by atoms with E-state index in [0.29, 0.717) is 6.61 Å². The van der Waals surface area contributed by atoms with Gasteiger partial charge in [-0.25, -0.2) is 0 Å². The van der Waals surface area contributed by atoms with Crippen LogP contribution in [0.15, 0.2) is 70.6 Å². The van der Waals surface area contributed by atoms with Crippen LogP contribution in [0.4, 0.5) is 0 Å². The van der Waals surface area contributed by atoms with E-state index in [4.69, 9.17) is 14.0 Å². The number of hydrogen-bond donors (Lipinski definition) is 0. The molecule has 0 radical (unpaired) electrons. The fourth-order valence-electron chi connectivity index (χ4n) is 3.29. The quantitative estimate of drug-likeness (QED) is 0.386. The van der Waals surface area contributed by atoms with Crippen LogP contribution in [0, 0.1) is 0 Å². The van der Waals surface area contributed by atoms with Gasteiger partial charge in [0.2, 0.25) is 0 Å². The summed E-state index contributed by atoms with van der Waals surface area (Å²) in [6.45, 7) is 2.13. The van der Waals surface area contributed by atoms with Gasteiger partial charge >= 0.3 is 0 Å². The van der Waals surface area contributed by atoms with Gasteiger partial charge in [-0.05, 0) is 36.2 Å². The zero-order valence-corrected chi connectivity index (χ0v) is 17.4. The maximum absolute atomic E-state index is 6.04. The minimum Gasteiger partial charge on any atom is -0.491 e. The molecule has 0 aliphatic carbocycles. The highest BCUT2D eigenvalue weighted by molar-refractivity contribution is 7.17. The molecule has 2 heterocycles. The first-order valence-electron chi connectivity index (χ1n) is 9.54. The molecule has 1 unspecified atom stereocenters. The van der Waals surface area contributed by atoms with E-state index >= 15 is 0 Å². The number of thiophene rings is 1. The Kier molecular flexibility index (Phi) is 6.24. The number of ether oxygens (including phenoxy) is 2. The summed E-state index contributed by atoms with van der Waals surface area (Å²) in [5, 5.41) is 6.21. The lowest BCUT2D eigenvalue weighted by molar-refractivity contribution is 0.0336. The molecule has 2 aromatic carbocycles. The number of benzene rings is 2. The monoisotopic (exact) mass is 408 g/mol. The van der Waals surface area contributed by atoms with Gasteiger partial charge in [0.15, 0.2) is 5.58 Å². The van der Waals surface area contributed by atoms with Crippen molar-refractivity contribution in [2.75, 3.05) is 27.3 Å². The predicted octanol–water partition coefficient (Wildman–Crippen LogP) is 5.08. The Morgan fingerprint density at radius 2 is 1.97 bits per heavy atom. The molecule has 0 fully saturated rings. The van der Waals surface area contributed by atoms with Gasteiger partial charge < -0.3 is 14.0 Å². The van der Waals surface area contributed by atoms with E-state index in [9.17, 15) is 0 Å². The summed E-state index contributed by atoms with van der Waals surface area (Å²) in [7, 11) is 3.82. The Balaban J connectivity index is 1.37. The first kappa shape index (κ1) is 19.6. The lowest BCUT2D eigenvalue weighted by atomic mass is 10.1. The van der Waals surface area contributed by atoms with Gasteiger partial charge in [0.1, 0.15) is 28.9 Å². The molecular formula is C23H24N2O3S. The maximum atomic E-state index is 6.04. The van der Waals surface area contributed by atoms with Crippen LogP contribution in [-0.2, 0) is 11.3 Å². The molecule has 0 amide bonds. The van der Waals surface area contributed by atoms with Crippen molar-refractivity contribution in [3.05, 3.63) is 71.6 Å². The lowest BCUT2D eigenvalue weighted by Crippen LogP contribution is -2.34. The second kappa shape index (κ2) is 9.22. The van der Waals surface area contributed by atoms with Gasteiger partial charge in [-0.15, -0.1) is 11.3 Å². The van der Waals surface area contributed by atoms with E-state index in [-0.39, 0.29) is 6.10 Å². The summed E-state index contributed by atoms with van der Waals surface area (Å²) < 4.78 is 18.1. The first-order chi connectivity index (χ1) is 14.2. The zero-order valence-electron chi connectivity index (χ0n) is 16.6. The molecule has 5 nitrogen and oxygen atoms in total. The standard InChI is InChI=1S/C23H24N2O3S/c1-25(14-17-7-4-3-5-8-17)15-20(26-2)16-27-19-10-6-9-18(13-19)22-23-21(28-24-22)11-12-29-23/h3-13,20H,14-16H2,1-2H3. The van der Waals surface area contributed by atoms with Crippen LogP contribution in [0.1, 0.15) is 5.56 Å². The summed E-state index contributed by atoms with van der Waals surface area (Å²) >= 11 is 1.63. The van der Waals surface area contributed by atoms with Crippen molar-refractivity contribution in [1.82, 2.24) is 10.1 Å². The number of methoxy groups -OCH3 is 1. The molecule has 29 heavy (non-hydrogen) atoms. The highest BCUT2D eigenvalue weighted by atomic mass is 32.1. The molecule has 150 valence electrons. The SMILES string of the molecule is COC(COc1cccc(-c2noc3ccsc23)c1)CN(C)Cc1ccccc1. The molecule has 0 saturated heterocycles. The summed E-state index contributed by atoms with van der Waals surface area (Å²) in [4.78, 5) is 2.24. The molecule has 4 rings (SSSR count). The number of fused-ring (bicyclic) bond motifs is 1. The second-order valence-electron chi connectivity index (χ2n) is 7.02. The third-order valence-corrected chi connectivity index (χ3v) is 5.67. The Labute approximate surface area is 174 Å². The molecule has 0 N–H and O–H groups in total. The van der Waals surface area contributed by atoms with Gasteiger partial charge in [0.05, 0.1) is 0 Å². The van der Waals surface area contributed by atoms with Gasteiger partial charge in [-0.3, -0.25) is 4.90 Å². The van der Waals surface area contributed by atoms with Crippen molar-refractivity contribution in [3.63, 3.8) is 0 Å². The predicted molar refractivity (Wildman–Crippen MR) is 116 cm³/mol. The van der Waals surface area contributed by atoms with Crippen molar-refractivity contribution < 1.29 is 14.0 Å². The third kappa shape index (κ3) is 4.85. The fourth-order valence-corrected chi connectivity index (χ4v) is 4.10. The summed E-state index contributed by atoms with van der Waals surface area (Å²) in [5.74, 6) is 0.794. The largest absolute Gasteiger partial charge is 0.491 e. The Hall–Kier alpha value is -2.67. The Morgan fingerprint density at radius 3 is 2.79 bits per heavy atom. The molecule has 0 aliphatic rings. The van der Waals surface area contributed by atoms with Crippen LogP contribution < -0.4 is 4.74 Å². The average Bonchev–Trinajstić information content (AvgIpc) is 3.36. The number of likely N-dealkylation sites (N-methyl/N-ethyl adjacent to an activating group) is 1. The molecule has 0 bridgehead atoms. The van der Waals surface area contributed by atoms with Crippen LogP contribution in [0.25, 0.3) is 21.5 Å². The second-order valence-corrected chi connectivity index (χ2v) is 7.94. The zero-order chi connectivity index (χ0) is 20.1. The topological polar surface area (TPSA) is 47.7 Å². The molecule has 0 spiro atoms. The number of nitrogens with zero attached hydrogens (tertiary/aromatic N) is 2. The highest BCUT2D eigenvalue weighted by Gasteiger charge is 2.14. The molecule has 2 aromatic heterocycles. The van der Waals surface area contributed by atoms with Crippen LogP contribution in [0.5, 0.6) is 5.75 Å². The minimum atomic E-state index is -0.0246. The summed E-state index contributed by atoms with van der Waals surface area (Å²) in [6.07, 6.45) is -0.0246. The van der Waals surface area contributed by atoms with E-state index in [1.54, 1.807) is 18.4 Å². The Bertz CT molecular complexity index is 1040. The van der Waals surface area contributed by atoms with Gasteiger partial charge in [-0.2, -0.15) is 0 Å². The summed E-state index contributed by atoms with van der Waals surface area (Å²) in [5.41, 5.74) is 3.94. The molecule has 1 atom stereocenters. The summed E-state index contributed by atoms with van der Waals surface area (Å²) in [6, 6.07) is 20.3. The third-order valence-electron chi connectivity index (χ3n) is 4.77. The van der Waals surface area contributed by atoms with Crippen LogP contribution in [0.2, 0.25) is 0 Å². The number of aromatic nitrogens is 1. The van der Waals surface area contributed by atoms with Crippen molar-refractivity contribution in [2.45, 2.75) is 12.6 Å². The first-order valence-corrected chi connectivity index (χ1v) is 10.4. The number of hydrogen-bond acceptors (Lipinski definition) is 6. The van der Waals surface area contributed by atoms with Gasteiger partial charge in [0, 0.05) is 25.8 Å². The molecule has 6 heteroatoms. The smallest absolute Gasteiger partial charge is 0.178 e. The highest BCUT2D eigenvalue weighted by Crippen LogP contribution is 2.33. The Morgan fingerprint density at radius 1 is 1.10 bits per heavy atom. The van der Waals surface area contributed by atoms with Gasteiger partial charge in [-0.1, -0.05) is 47.6 Å². The molecular weight excluding hydrogens is 384 g/mol. The van der Waals surface area contributed by atoms with E-state index in [2.05, 4.69) is 41.4 Å². The van der Waals surface area contributed by atoms with Crippen molar-refractivity contribution in [2.24, 2.45) is 0 Å². The average molecular weight is 409 g/mol. The van der Waals surface area contributed by atoms with E-state index in [0.717, 1.165) is 40.4 Å². The fraction of sp³-hybridized carbons (Fsp3) is 0.261. The maximum Gasteiger partial charge on any atom is 0.178 e. The van der Waals surface area contributed by atoms with E-state index in [1.165, 1.54) is 5.56 Å². The van der Waals surface area contributed by atoms with Crippen molar-refractivity contribution in [1.29, 1.82) is 0 Å². The minimum absolute atomic E-state index is 0.0246. The number of rotatable bonds is 9. The van der Waals surface area contributed by atoms with Crippen LogP contribution in [-0.4, -0.2) is 43.5 Å². The van der Waals surface area contributed by atoms with Gasteiger partial charge in [0.25, 0.3) is 0 Å². The molecule has 0 saturated carbocycles. The van der Waals surface area contributed by atoms with Crippen LogP contribution in [0.3, 0.4) is 0 Å². The molecule has 0 aliphatic heterocycles.